The van der Waals surface area contributed by atoms with Gasteiger partial charge in [0.2, 0.25) is 0 Å². The molecule has 0 saturated carbocycles. The number of hydrogen-bond acceptors (Lipinski definition) is 5. The highest BCUT2D eigenvalue weighted by Gasteiger charge is 2.34. The molecule has 0 bridgehead atoms. The summed E-state index contributed by atoms with van der Waals surface area (Å²) in [5, 5.41) is 12.2. The van der Waals surface area contributed by atoms with Gasteiger partial charge in [0, 0.05) is 12.2 Å². The number of β-amino-alcohol motifs (C(OH)–C–C–N with tert-alkyl or cyclic N) is 1. The Bertz CT molecular complexity index is 652. The summed E-state index contributed by atoms with van der Waals surface area (Å²) in [6, 6.07) is 5.90. The molecule has 1 aromatic carbocycles. The molecule has 2 N–H and O–H groups in total. The number of aryl methyl sites for hydroxylation is 2. The lowest BCUT2D eigenvalue weighted by molar-refractivity contribution is -0.136. The van der Waals surface area contributed by atoms with E-state index in [4.69, 9.17) is 9.84 Å². The molecule has 0 unspecified atom stereocenters. The minimum Gasteiger partial charge on any atom is -0.466 e. The maximum atomic E-state index is 12.5. The van der Waals surface area contributed by atoms with E-state index in [0.717, 1.165) is 23.2 Å². The molecular formula is C17H22N2O4. The van der Waals surface area contributed by atoms with Gasteiger partial charge < -0.3 is 20.1 Å². The van der Waals surface area contributed by atoms with E-state index in [-0.39, 0.29) is 36.9 Å². The van der Waals surface area contributed by atoms with Crippen molar-refractivity contribution < 1.29 is 19.4 Å². The van der Waals surface area contributed by atoms with Crippen LogP contribution in [-0.4, -0.2) is 48.7 Å². The van der Waals surface area contributed by atoms with Gasteiger partial charge in [-0.15, -0.1) is 0 Å². The molecule has 23 heavy (non-hydrogen) atoms. The molecule has 0 aliphatic carbocycles. The Morgan fingerprint density at radius 2 is 2.17 bits per heavy atom. The van der Waals surface area contributed by atoms with Crippen LogP contribution in [0.4, 0.5) is 5.69 Å². The highest BCUT2D eigenvalue weighted by atomic mass is 16.5. The Balaban J connectivity index is 2.41. The summed E-state index contributed by atoms with van der Waals surface area (Å²) in [5.41, 5.74) is 3.42. The highest BCUT2D eigenvalue weighted by molar-refractivity contribution is 6.08. The second kappa shape index (κ2) is 7.28. The number of esters is 1. The first-order chi connectivity index (χ1) is 11.0. The number of benzene rings is 1. The Labute approximate surface area is 135 Å². The number of aliphatic hydroxyl groups is 1. The summed E-state index contributed by atoms with van der Waals surface area (Å²) in [4.78, 5) is 25.9. The molecule has 0 radical (unpaired) electrons. The van der Waals surface area contributed by atoms with Crippen molar-refractivity contribution in [3.63, 3.8) is 0 Å². The zero-order valence-electron chi connectivity index (χ0n) is 13.7. The van der Waals surface area contributed by atoms with Crippen LogP contribution >= 0.6 is 0 Å². The Hall–Kier alpha value is -2.34. The van der Waals surface area contributed by atoms with E-state index in [9.17, 15) is 9.59 Å². The first-order valence-corrected chi connectivity index (χ1v) is 7.60. The topological polar surface area (TPSA) is 78.9 Å². The Morgan fingerprint density at radius 1 is 1.43 bits per heavy atom. The number of amides is 1. The van der Waals surface area contributed by atoms with Gasteiger partial charge in [-0.1, -0.05) is 25.1 Å². The van der Waals surface area contributed by atoms with Crippen LogP contribution in [0.2, 0.25) is 0 Å². The normalized spacial score (nSPS) is 14.4. The van der Waals surface area contributed by atoms with Crippen molar-refractivity contribution >= 4 is 17.6 Å². The fourth-order valence-corrected chi connectivity index (χ4v) is 2.68. The summed E-state index contributed by atoms with van der Waals surface area (Å²) in [5.74, 6) is -0.835. The number of carbonyl (C=O) groups is 2. The van der Waals surface area contributed by atoms with Crippen LogP contribution < -0.4 is 5.32 Å². The number of nitrogens with one attached hydrogen (secondary N) is 1. The third kappa shape index (κ3) is 3.37. The van der Waals surface area contributed by atoms with Crippen molar-refractivity contribution in [2.45, 2.75) is 20.3 Å². The molecule has 0 atom stereocenters. The average molecular weight is 318 g/mol. The lowest BCUT2D eigenvalue weighted by Gasteiger charge is -2.17. The summed E-state index contributed by atoms with van der Waals surface area (Å²) in [6.45, 7) is 4.15. The van der Waals surface area contributed by atoms with Gasteiger partial charge in [-0.25, -0.2) is 4.79 Å². The van der Waals surface area contributed by atoms with Crippen molar-refractivity contribution in [2.75, 3.05) is 32.1 Å². The van der Waals surface area contributed by atoms with Crippen LogP contribution in [0.15, 0.2) is 29.5 Å². The molecular weight excluding hydrogens is 296 g/mol. The highest BCUT2D eigenvalue weighted by Crippen LogP contribution is 2.27. The van der Waals surface area contributed by atoms with Crippen LogP contribution in [0.3, 0.4) is 0 Å². The maximum Gasteiger partial charge on any atom is 0.337 e. The first-order valence-electron chi connectivity index (χ1n) is 7.60. The van der Waals surface area contributed by atoms with E-state index in [1.165, 1.54) is 12.0 Å². The van der Waals surface area contributed by atoms with Gasteiger partial charge >= 0.3 is 5.97 Å². The summed E-state index contributed by atoms with van der Waals surface area (Å²) in [7, 11) is 1.29. The number of carbonyl (C=O) groups excluding carboxylic acids is 2. The monoisotopic (exact) mass is 318 g/mol. The quantitative estimate of drug-likeness (QED) is 0.771. The molecule has 0 spiro atoms. The minimum atomic E-state index is -0.534. The van der Waals surface area contributed by atoms with Crippen molar-refractivity contribution in [2.24, 2.45) is 0 Å². The minimum absolute atomic E-state index is 0.141. The van der Waals surface area contributed by atoms with Crippen LogP contribution in [0.1, 0.15) is 18.1 Å². The zero-order valence-corrected chi connectivity index (χ0v) is 13.7. The lowest BCUT2D eigenvalue weighted by atomic mass is 10.1. The second-order valence-electron chi connectivity index (χ2n) is 5.38. The summed E-state index contributed by atoms with van der Waals surface area (Å²) >= 11 is 0. The molecule has 1 amide bonds. The number of anilines is 1. The zero-order chi connectivity index (χ0) is 17.0. The number of hydrogen-bond donors (Lipinski definition) is 2. The third-order valence-corrected chi connectivity index (χ3v) is 3.94. The predicted molar refractivity (Wildman–Crippen MR) is 86.9 cm³/mol. The van der Waals surface area contributed by atoms with E-state index in [0.29, 0.717) is 0 Å². The van der Waals surface area contributed by atoms with E-state index in [2.05, 4.69) is 5.32 Å². The van der Waals surface area contributed by atoms with Gasteiger partial charge in [-0.05, 0) is 24.5 Å². The number of para-hydroxylation sites is 1. The summed E-state index contributed by atoms with van der Waals surface area (Å²) < 4.78 is 4.79. The van der Waals surface area contributed by atoms with Gasteiger partial charge in [-0.2, -0.15) is 0 Å². The molecule has 6 heteroatoms. The van der Waals surface area contributed by atoms with Crippen LogP contribution in [0.5, 0.6) is 0 Å². The number of methoxy groups -OCH3 is 1. The van der Waals surface area contributed by atoms with Gasteiger partial charge in [0.05, 0.1) is 25.8 Å². The maximum absolute atomic E-state index is 12.5. The van der Waals surface area contributed by atoms with Crippen molar-refractivity contribution in [1.29, 1.82) is 0 Å². The van der Waals surface area contributed by atoms with Crippen LogP contribution in [0, 0.1) is 6.92 Å². The van der Waals surface area contributed by atoms with E-state index in [1.54, 1.807) is 0 Å². The number of rotatable bonds is 6. The standard InChI is InChI=1S/C17H22N2O4/c1-4-12-7-5-6-11(2)14(12)18-15-13(17(22)23-3)10-19(8-9-20)16(15)21/h5-7,18,20H,4,8-10H2,1-3H3. The van der Waals surface area contributed by atoms with E-state index >= 15 is 0 Å². The van der Waals surface area contributed by atoms with Crippen LogP contribution in [0.25, 0.3) is 0 Å². The smallest absolute Gasteiger partial charge is 0.337 e. The molecule has 1 aromatic rings. The average Bonchev–Trinajstić information content (AvgIpc) is 2.85. The fraction of sp³-hybridized carbons (Fsp3) is 0.412. The van der Waals surface area contributed by atoms with Gasteiger partial charge in [0.25, 0.3) is 5.91 Å². The van der Waals surface area contributed by atoms with Crippen molar-refractivity contribution in [1.82, 2.24) is 4.90 Å². The van der Waals surface area contributed by atoms with Gasteiger partial charge in [0.1, 0.15) is 5.70 Å². The molecule has 6 nitrogen and oxygen atoms in total. The lowest BCUT2D eigenvalue weighted by Crippen LogP contribution is -2.31. The van der Waals surface area contributed by atoms with Crippen molar-refractivity contribution in [3.8, 4) is 0 Å². The van der Waals surface area contributed by atoms with E-state index < -0.39 is 5.97 Å². The van der Waals surface area contributed by atoms with Crippen molar-refractivity contribution in [3.05, 3.63) is 40.6 Å². The second-order valence-corrected chi connectivity index (χ2v) is 5.38. The molecule has 1 aliphatic heterocycles. The SMILES string of the molecule is CCc1cccc(C)c1NC1=C(C(=O)OC)CN(CCO)C1=O. The number of ether oxygens (including phenoxy) is 1. The van der Waals surface area contributed by atoms with Gasteiger partial charge in [0.15, 0.2) is 0 Å². The molecule has 1 aliphatic rings. The molecule has 0 fully saturated rings. The Kier molecular flexibility index (Phi) is 5.39. The van der Waals surface area contributed by atoms with E-state index in [1.807, 2.05) is 32.0 Å². The molecule has 0 saturated heterocycles. The Morgan fingerprint density at radius 3 is 2.78 bits per heavy atom. The third-order valence-electron chi connectivity index (χ3n) is 3.94. The number of aliphatic hydroxyl groups excluding tert-OH is 1. The fourth-order valence-electron chi connectivity index (χ4n) is 2.68. The molecule has 124 valence electrons. The first kappa shape index (κ1) is 17.0. The summed E-state index contributed by atoms with van der Waals surface area (Å²) in [6.07, 6.45) is 0.805. The molecule has 1 heterocycles. The van der Waals surface area contributed by atoms with Crippen LogP contribution in [-0.2, 0) is 20.7 Å². The van der Waals surface area contributed by atoms with Gasteiger partial charge in [-0.3, -0.25) is 4.79 Å². The molecule has 0 aromatic heterocycles. The predicted octanol–water partition coefficient (Wildman–Crippen LogP) is 1.23. The number of nitrogens with zero attached hydrogens (tertiary/aromatic N) is 1. The molecule has 2 rings (SSSR count). The largest absolute Gasteiger partial charge is 0.466 e.